The molecule has 0 aliphatic rings. The Balaban J connectivity index is 0.00000256. The van der Waals surface area contributed by atoms with Crippen LogP contribution in [0.25, 0.3) is 0 Å². The fraction of sp³-hybridized carbons (Fsp3) is 0.571. The molecule has 1 nitrogen and oxygen atoms in total. The predicted molar refractivity (Wildman–Crippen MR) is 77.6 cm³/mol. The number of para-hydroxylation sites is 1. The zero-order valence-corrected chi connectivity index (χ0v) is 12.7. The van der Waals surface area contributed by atoms with Crippen LogP contribution in [0.2, 0.25) is 0 Å². The van der Waals surface area contributed by atoms with Crippen LogP contribution < -0.4 is 17.3 Å². The van der Waals surface area contributed by atoms with Crippen molar-refractivity contribution in [2.24, 2.45) is 0 Å². The van der Waals surface area contributed by atoms with Crippen molar-refractivity contribution in [3.63, 3.8) is 0 Å². The summed E-state index contributed by atoms with van der Waals surface area (Å²) in [4.78, 5) is 2.48. The first-order chi connectivity index (χ1) is 7.81. The summed E-state index contributed by atoms with van der Waals surface area (Å²) in [5.74, 6) is 4.02. The minimum absolute atomic E-state index is 0. The van der Waals surface area contributed by atoms with E-state index in [0.717, 1.165) is 6.54 Å². The Labute approximate surface area is 115 Å². The smallest absolute Gasteiger partial charge is 0.125 e. The standard InChI is InChI=1S/C14H24NS.ClH/c1-4-15(12-13-16(5-2)6-3)14-10-8-7-9-11-14;/h7-11H,4-6,12-13H2,1-3H3;1H/q+1;/p-1. The van der Waals surface area contributed by atoms with E-state index in [2.05, 4.69) is 56.0 Å². The fourth-order valence-corrected chi connectivity index (χ4v) is 3.30. The predicted octanol–water partition coefficient (Wildman–Crippen LogP) is 0.175. The third kappa shape index (κ3) is 5.69. The zero-order chi connectivity index (χ0) is 11.8. The molecule has 0 atom stereocenters. The number of hydrogen-bond acceptors (Lipinski definition) is 1. The normalized spacial score (nSPS) is 10.1. The lowest BCUT2D eigenvalue weighted by atomic mass is 10.3. The van der Waals surface area contributed by atoms with Crippen LogP contribution in [0.1, 0.15) is 20.8 Å². The maximum atomic E-state index is 2.48. The topological polar surface area (TPSA) is 3.24 Å². The summed E-state index contributed by atoms with van der Waals surface area (Å²) in [6.45, 7) is 9.17. The molecule has 0 radical (unpaired) electrons. The number of anilines is 1. The van der Waals surface area contributed by atoms with E-state index >= 15 is 0 Å². The first-order valence-electron chi connectivity index (χ1n) is 6.25. The molecule has 1 rings (SSSR count). The van der Waals surface area contributed by atoms with Gasteiger partial charge >= 0.3 is 0 Å². The van der Waals surface area contributed by atoms with Crippen molar-refractivity contribution in [2.75, 3.05) is 35.2 Å². The molecule has 0 saturated carbocycles. The molecular weight excluding hydrogens is 250 g/mol. The van der Waals surface area contributed by atoms with Crippen LogP contribution in [0.15, 0.2) is 30.3 Å². The molecule has 0 aliphatic heterocycles. The van der Waals surface area contributed by atoms with Crippen LogP contribution in [0.5, 0.6) is 0 Å². The lowest BCUT2D eigenvalue weighted by molar-refractivity contribution is -0.00000343. The summed E-state index contributed by atoms with van der Waals surface area (Å²) in [5, 5.41) is 0. The van der Waals surface area contributed by atoms with Crippen LogP contribution in [0.3, 0.4) is 0 Å². The van der Waals surface area contributed by atoms with Crippen molar-refractivity contribution < 1.29 is 12.4 Å². The Morgan fingerprint density at radius 2 is 1.59 bits per heavy atom. The van der Waals surface area contributed by atoms with Gasteiger partial charge in [-0.15, -0.1) is 0 Å². The summed E-state index contributed by atoms with van der Waals surface area (Å²) in [7, 11) is 0.624. The van der Waals surface area contributed by atoms with Gasteiger partial charge in [0.1, 0.15) is 17.3 Å². The summed E-state index contributed by atoms with van der Waals surface area (Å²) in [6, 6.07) is 10.7. The van der Waals surface area contributed by atoms with Crippen molar-refractivity contribution in [3.8, 4) is 0 Å². The summed E-state index contributed by atoms with van der Waals surface area (Å²) >= 11 is 0. The lowest BCUT2D eigenvalue weighted by Gasteiger charge is -2.22. The molecule has 0 amide bonds. The number of benzene rings is 1. The van der Waals surface area contributed by atoms with Crippen molar-refractivity contribution in [1.29, 1.82) is 0 Å². The molecular formula is C14H24ClNS. The van der Waals surface area contributed by atoms with E-state index in [1.807, 2.05) is 0 Å². The number of hydrogen-bond donors (Lipinski definition) is 0. The van der Waals surface area contributed by atoms with Crippen molar-refractivity contribution in [1.82, 2.24) is 0 Å². The molecule has 98 valence electrons. The summed E-state index contributed by atoms with van der Waals surface area (Å²) in [6.07, 6.45) is 0. The van der Waals surface area contributed by atoms with Gasteiger partial charge in [-0.2, -0.15) is 0 Å². The monoisotopic (exact) mass is 273 g/mol. The molecule has 0 aliphatic carbocycles. The van der Waals surface area contributed by atoms with Gasteiger partial charge in [0.25, 0.3) is 0 Å². The Bertz CT molecular complexity index is 275. The minimum atomic E-state index is 0. The second-order valence-corrected chi connectivity index (χ2v) is 6.60. The van der Waals surface area contributed by atoms with Crippen LogP contribution in [0, 0.1) is 0 Å². The van der Waals surface area contributed by atoms with Gasteiger partial charge in [0.05, 0.1) is 6.54 Å². The molecule has 0 saturated heterocycles. The van der Waals surface area contributed by atoms with E-state index in [9.17, 15) is 0 Å². The van der Waals surface area contributed by atoms with Gasteiger partial charge in [-0.05, 0) is 43.8 Å². The third-order valence-corrected chi connectivity index (χ3v) is 5.36. The molecule has 0 unspecified atom stereocenters. The highest BCUT2D eigenvalue weighted by molar-refractivity contribution is 7.96. The summed E-state index contributed by atoms with van der Waals surface area (Å²) in [5.41, 5.74) is 1.36. The highest BCUT2D eigenvalue weighted by Crippen LogP contribution is 2.13. The maximum Gasteiger partial charge on any atom is 0.125 e. The molecule has 1 aromatic rings. The molecule has 0 bridgehead atoms. The lowest BCUT2D eigenvalue weighted by Crippen LogP contribution is -3.00. The van der Waals surface area contributed by atoms with Gasteiger partial charge in [0.2, 0.25) is 0 Å². The highest BCUT2D eigenvalue weighted by Gasteiger charge is 2.14. The molecule has 1 aromatic carbocycles. The first-order valence-corrected chi connectivity index (χ1v) is 7.99. The van der Waals surface area contributed by atoms with Gasteiger partial charge in [-0.25, -0.2) is 0 Å². The molecule has 0 aromatic heterocycles. The quantitative estimate of drug-likeness (QED) is 0.641. The second-order valence-electron chi connectivity index (χ2n) is 3.81. The average molecular weight is 274 g/mol. The SMILES string of the molecule is CCN(CC[S+](CC)CC)c1ccccc1.[Cl-]. The second kappa shape index (κ2) is 9.67. The van der Waals surface area contributed by atoms with Crippen LogP contribution in [0.4, 0.5) is 5.69 Å². The van der Waals surface area contributed by atoms with E-state index < -0.39 is 0 Å². The molecule has 17 heavy (non-hydrogen) atoms. The first kappa shape index (κ1) is 16.7. The van der Waals surface area contributed by atoms with E-state index in [1.54, 1.807) is 0 Å². The largest absolute Gasteiger partial charge is 1.00 e. The van der Waals surface area contributed by atoms with Crippen molar-refractivity contribution in [2.45, 2.75) is 20.8 Å². The van der Waals surface area contributed by atoms with Gasteiger partial charge in [0.15, 0.2) is 0 Å². The Kier molecular flexibility index (Phi) is 9.47. The van der Waals surface area contributed by atoms with Gasteiger partial charge in [0, 0.05) is 12.2 Å². The highest BCUT2D eigenvalue weighted by atomic mass is 35.5. The van der Waals surface area contributed by atoms with Crippen LogP contribution in [-0.2, 0) is 10.9 Å². The van der Waals surface area contributed by atoms with E-state index in [1.165, 1.54) is 29.5 Å². The Hall–Kier alpha value is -0.340. The van der Waals surface area contributed by atoms with Crippen molar-refractivity contribution >= 4 is 16.6 Å². The number of rotatable bonds is 7. The summed E-state index contributed by atoms with van der Waals surface area (Å²) < 4.78 is 0. The fourth-order valence-electron chi connectivity index (χ4n) is 1.84. The number of nitrogens with zero attached hydrogens (tertiary/aromatic N) is 1. The Morgan fingerprint density at radius 3 is 2.06 bits per heavy atom. The van der Waals surface area contributed by atoms with Crippen LogP contribution >= 0.6 is 0 Å². The van der Waals surface area contributed by atoms with E-state index in [-0.39, 0.29) is 12.4 Å². The van der Waals surface area contributed by atoms with Gasteiger partial charge < -0.3 is 17.3 Å². The minimum Gasteiger partial charge on any atom is -1.00 e. The molecule has 0 N–H and O–H groups in total. The zero-order valence-electron chi connectivity index (χ0n) is 11.2. The van der Waals surface area contributed by atoms with Crippen LogP contribution in [-0.4, -0.2) is 30.3 Å². The van der Waals surface area contributed by atoms with E-state index in [0.29, 0.717) is 10.9 Å². The third-order valence-electron chi connectivity index (χ3n) is 2.97. The molecule has 0 fully saturated rings. The van der Waals surface area contributed by atoms with Gasteiger partial charge in [-0.3, -0.25) is 0 Å². The molecule has 0 spiro atoms. The van der Waals surface area contributed by atoms with E-state index in [4.69, 9.17) is 0 Å². The van der Waals surface area contributed by atoms with Gasteiger partial charge in [-0.1, -0.05) is 18.2 Å². The molecule has 3 heteroatoms. The Morgan fingerprint density at radius 1 is 1.00 bits per heavy atom. The van der Waals surface area contributed by atoms with Crippen molar-refractivity contribution in [3.05, 3.63) is 30.3 Å². The molecule has 0 heterocycles. The number of halogens is 1. The average Bonchev–Trinajstić information content (AvgIpc) is 2.36. The maximum absolute atomic E-state index is 2.48.